The maximum atomic E-state index is 10.6. The van der Waals surface area contributed by atoms with Crippen molar-refractivity contribution in [3.05, 3.63) is 64.1 Å². The van der Waals surface area contributed by atoms with Crippen LogP contribution in [0.4, 0.5) is 0 Å². The van der Waals surface area contributed by atoms with Crippen molar-refractivity contribution in [3.8, 4) is 5.75 Å². The highest BCUT2D eigenvalue weighted by atomic mass is 79.9. The molecule has 0 heterocycles. The van der Waals surface area contributed by atoms with Crippen LogP contribution in [-0.4, -0.2) is 12.5 Å². The largest absolute Gasteiger partial charge is 0.484 e. The van der Waals surface area contributed by atoms with Gasteiger partial charge in [-0.05, 0) is 29.3 Å². The molecule has 0 unspecified atom stereocenters. The van der Waals surface area contributed by atoms with E-state index >= 15 is 0 Å². The first-order valence-electron chi connectivity index (χ1n) is 6.59. The summed E-state index contributed by atoms with van der Waals surface area (Å²) in [6.07, 6.45) is 0. The maximum absolute atomic E-state index is 10.6. The molecule has 2 rings (SSSR count). The average Bonchev–Trinajstić information content (AvgIpc) is 2.48. The van der Waals surface area contributed by atoms with Gasteiger partial charge < -0.3 is 15.8 Å². The summed E-state index contributed by atoms with van der Waals surface area (Å²) in [5, 5.41) is 3.38. The molecule has 0 aliphatic heterocycles. The highest BCUT2D eigenvalue weighted by Gasteiger charge is 2.00. The van der Waals surface area contributed by atoms with Gasteiger partial charge in [-0.25, -0.2) is 0 Å². The number of hydrogen-bond acceptors (Lipinski definition) is 3. The van der Waals surface area contributed by atoms with Crippen LogP contribution in [0, 0.1) is 0 Å². The molecule has 22 heavy (non-hydrogen) atoms. The Balaban J connectivity index is 0.00000242. The van der Waals surface area contributed by atoms with Gasteiger partial charge in [0.05, 0.1) is 0 Å². The van der Waals surface area contributed by atoms with Crippen LogP contribution in [-0.2, 0) is 17.9 Å². The number of halogens is 2. The third-order valence-corrected chi connectivity index (χ3v) is 3.68. The number of ether oxygens (including phenoxy) is 1. The van der Waals surface area contributed by atoms with Gasteiger partial charge in [0, 0.05) is 17.6 Å². The van der Waals surface area contributed by atoms with Crippen molar-refractivity contribution in [2.24, 2.45) is 5.73 Å². The van der Waals surface area contributed by atoms with Gasteiger partial charge in [-0.2, -0.15) is 0 Å². The fraction of sp³-hybridized carbons (Fsp3) is 0.188. The van der Waals surface area contributed by atoms with Gasteiger partial charge in [0.25, 0.3) is 5.91 Å². The highest BCUT2D eigenvalue weighted by Crippen LogP contribution is 2.16. The van der Waals surface area contributed by atoms with Crippen LogP contribution in [0.25, 0.3) is 0 Å². The van der Waals surface area contributed by atoms with Crippen molar-refractivity contribution in [1.29, 1.82) is 0 Å². The number of nitrogens with two attached hydrogens (primary N) is 1. The van der Waals surface area contributed by atoms with Crippen LogP contribution in [0.5, 0.6) is 5.75 Å². The molecule has 0 saturated carbocycles. The summed E-state index contributed by atoms with van der Waals surface area (Å²) in [6, 6.07) is 15.7. The molecule has 0 saturated heterocycles. The third-order valence-electron chi connectivity index (χ3n) is 2.91. The number of nitrogens with one attached hydrogen (secondary N) is 1. The lowest BCUT2D eigenvalue weighted by molar-refractivity contribution is -0.119. The van der Waals surface area contributed by atoms with Crippen molar-refractivity contribution in [2.45, 2.75) is 13.1 Å². The summed E-state index contributed by atoms with van der Waals surface area (Å²) in [7, 11) is 0. The van der Waals surface area contributed by atoms with E-state index in [2.05, 4.69) is 27.3 Å². The predicted molar refractivity (Wildman–Crippen MR) is 93.1 cm³/mol. The zero-order chi connectivity index (χ0) is 15.1. The van der Waals surface area contributed by atoms with E-state index in [-0.39, 0.29) is 19.0 Å². The van der Waals surface area contributed by atoms with Crippen LogP contribution in [0.3, 0.4) is 0 Å². The minimum Gasteiger partial charge on any atom is -0.484 e. The zero-order valence-corrected chi connectivity index (χ0v) is 14.3. The second kappa shape index (κ2) is 9.46. The van der Waals surface area contributed by atoms with Crippen molar-refractivity contribution in [2.75, 3.05) is 6.61 Å². The van der Waals surface area contributed by atoms with E-state index in [0.717, 1.165) is 23.1 Å². The van der Waals surface area contributed by atoms with E-state index in [1.165, 1.54) is 5.56 Å². The molecular weight excluding hydrogens is 368 g/mol. The molecule has 0 aliphatic carbocycles. The van der Waals surface area contributed by atoms with Gasteiger partial charge in [-0.15, -0.1) is 12.4 Å². The molecule has 4 nitrogen and oxygen atoms in total. The van der Waals surface area contributed by atoms with Gasteiger partial charge in [0.15, 0.2) is 6.61 Å². The molecular formula is C16H18BrClN2O2. The normalized spacial score (nSPS) is 9.86. The van der Waals surface area contributed by atoms with E-state index in [1.807, 2.05) is 42.5 Å². The van der Waals surface area contributed by atoms with Gasteiger partial charge in [0.1, 0.15) is 5.75 Å². The summed E-state index contributed by atoms with van der Waals surface area (Å²) in [4.78, 5) is 10.6. The summed E-state index contributed by atoms with van der Waals surface area (Å²) in [5.74, 6) is 0.164. The Bertz CT molecular complexity index is 605. The molecule has 0 bridgehead atoms. The summed E-state index contributed by atoms with van der Waals surface area (Å²) >= 11 is 3.53. The molecule has 3 N–H and O–H groups in total. The van der Waals surface area contributed by atoms with Crippen LogP contribution in [0.15, 0.2) is 53.0 Å². The SMILES string of the molecule is Cl.NC(=O)COc1ccc(CNCc2ccccc2Br)cc1. The first-order chi connectivity index (χ1) is 10.1. The van der Waals surface area contributed by atoms with E-state index in [0.29, 0.717) is 5.75 Å². The fourth-order valence-electron chi connectivity index (χ4n) is 1.84. The molecule has 0 radical (unpaired) electrons. The molecule has 0 spiro atoms. The van der Waals surface area contributed by atoms with Crippen molar-refractivity contribution in [3.63, 3.8) is 0 Å². The molecule has 2 aromatic rings. The van der Waals surface area contributed by atoms with Crippen molar-refractivity contribution in [1.82, 2.24) is 5.32 Å². The number of primary amides is 1. The zero-order valence-electron chi connectivity index (χ0n) is 11.9. The highest BCUT2D eigenvalue weighted by molar-refractivity contribution is 9.10. The average molecular weight is 386 g/mol. The van der Waals surface area contributed by atoms with E-state index in [9.17, 15) is 4.79 Å². The minimum atomic E-state index is -0.478. The standard InChI is InChI=1S/C16H17BrN2O2.ClH/c17-15-4-2-1-3-13(15)10-19-9-12-5-7-14(8-6-12)21-11-16(18)20;/h1-8,19H,9-11H2,(H2,18,20);1H. The Kier molecular flexibility index (Phi) is 7.95. The van der Waals surface area contributed by atoms with Gasteiger partial charge in [-0.1, -0.05) is 46.3 Å². The quantitative estimate of drug-likeness (QED) is 0.770. The first kappa shape index (κ1) is 18.5. The Morgan fingerprint density at radius 2 is 1.77 bits per heavy atom. The Labute approximate surface area is 144 Å². The topological polar surface area (TPSA) is 64.4 Å². The Morgan fingerprint density at radius 1 is 1.09 bits per heavy atom. The molecule has 0 fully saturated rings. The summed E-state index contributed by atoms with van der Waals surface area (Å²) < 4.78 is 6.32. The lowest BCUT2D eigenvalue weighted by atomic mass is 10.2. The van der Waals surface area contributed by atoms with Crippen LogP contribution in [0.1, 0.15) is 11.1 Å². The number of rotatable bonds is 7. The number of benzene rings is 2. The lowest BCUT2D eigenvalue weighted by Gasteiger charge is -2.08. The van der Waals surface area contributed by atoms with Gasteiger partial charge in [-0.3, -0.25) is 4.79 Å². The summed E-state index contributed by atoms with van der Waals surface area (Å²) in [6.45, 7) is 1.46. The van der Waals surface area contributed by atoms with Gasteiger partial charge in [0.2, 0.25) is 0 Å². The molecule has 2 aromatic carbocycles. The summed E-state index contributed by atoms with van der Waals surface area (Å²) in [5.41, 5.74) is 7.39. The van der Waals surface area contributed by atoms with E-state index < -0.39 is 5.91 Å². The monoisotopic (exact) mass is 384 g/mol. The van der Waals surface area contributed by atoms with Crippen LogP contribution < -0.4 is 15.8 Å². The molecule has 0 aromatic heterocycles. The van der Waals surface area contributed by atoms with Crippen molar-refractivity contribution < 1.29 is 9.53 Å². The second-order valence-electron chi connectivity index (χ2n) is 4.59. The van der Waals surface area contributed by atoms with E-state index in [4.69, 9.17) is 10.5 Å². The molecule has 118 valence electrons. The van der Waals surface area contributed by atoms with Gasteiger partial charge >= 0.3 is 0 Å². The lowest BCUT2D eigenvalue weighted by Crippen LogP contribution is -2.20. The van der Waals surface area contributed by atoms with E-state index in [1.54, 1.807) is 0 Å². The van der Waals surface area contributed by atoms with Crippen LogP contribution >= 0.6 is 28.3 Å². The molecule has 0 atom stereocenters. The maximum Gasteiger partial charge on any atom is 0.255 e. The molecule has 6 heteroatoms. The smallest absolute Gasteiger partial charge is 0.255 e. The Morgan fingerprint density at radius 3 is 2.41 bits per heavy atom. The second-order valence-corrected chi connectivity index (χ2v) is 5.45. The fourth-order valence-corrected chi connectivity index (χ4v) is 2.27. The number of carbonyl (C=O) groups is 1. The van der Waals surface area contributed by atoms with Crippen LogP contribution in [0.2, 0.25) is 0 Å². The first-order valence-corrected chi connectivity index (χ1v) is 7.38. The number of hydrogen-bond donors (Lipinski definition) is 2. The Hall–Kier alpha value is -1.56. The molecule has 1 amide bonds. The number of carbonyl (C=O) groups excluding carboxylic acids is 1. The number of amides is 1. The third kappa shape index (κ3) is 6.05. The predicted octanol–water partition coefficient (Wildman–Crippen LogP) is 3.02. The molecule has 0 aliphatic rings. The van der Waals surface area contributed by atoms with Crippen molar-refractivity contribution >= 4 is 34.2 Å². The minimum absolute atomic E-state index is 0.